The number of anilines is 1. The van der Waals surface area contributed by atoms with E-state index < -0.39 is 5.82 Å². The summed E-state index contributed by atoms with van der Waals surface area (Å²) in [6, 6.07) is 16.3. The van der Waals surface area contributed by atoms with Gasteiger partial charge in [0.15, 0.2) is 0 Å². The van der Waals surface area contributed by atoms with E-state index in [1.54, 1.807) is 18.2 Å². The molecule has 1 amide bonds. The second-order valence-electron chi connectivity index (χ2n) is 7.34. The van der Waals surface area contributed by atoms with E-state index in [9.17, 15) is 9.18 Å². The van der Waals surface area contributed by atoms with Crippen LogP contribution >= 0.6 is 0 Å². The van der Waals surface area contributed by atoms with Crippen LogP contribution in [0.25, 0.3) is 16.9 Å². The lowest BCUT2D eigenvalue weighted by Crippen LogP contribution is -2.17. The highest BCUT2D eigenvalue weighted by molar-refractivity contribution is 5.93. The summed E-state index contributed by atoms with van der Waals surface area (Å²) in [6.07, 6.45) is 2.01. The molecular formula is C24H22FN3O. The van der Waals surface area contributed by atoms with Crippen molar-refractivity contribution < 1.29 is 9.18 Å². The third-order valence-corrected chi connectivity index (χ3v) is 5.14. The molecule has 0 aliphatic heterocycles. The molecular weight excluding hydrogens is 365 g/mol. The molecule has 0 saturated heterocycles. The van der Waals surface area contributed by atoms with Gasteiger partial charge in [-0.3, -0.25) is 4.79 Å². The van der Waals surface area contributed by atoms with Crippen molar-refractivity contribution in [2.24, 2.45) is 0 Å². The molecule has 2 heterocycles. The number of hydrogen-bond donors (Lipinski definition) is 1. The zero-order valence-electron chi connectivity index (χ0n) is 16.7. The van der Waals surface area contributed by atoms with Crippen molar-refractivity contribution in [1.29, 1.82) is 0 Å². The second-order valence-corrected chi connectivity index (χ2v) is 7.34. The van der Waals surface area contributed by atoms with Gasteiger partial charge in [0.2, 0.25) is 5.91 Å². The number of rotatable bonds is 4. The first-order chi connectivity index (χ1) is 13.9. The van der Waals surface area contributed by atoms with Gasteiger partial charge in [-0.15, -0.1) is 0 Å². The fraction of sp³-hybridized carbons (Fsp3) is 0.167. The molecule has 0 fully saturated rings. The van der Waals surface area contributed by atoms with Gasteiger partial charge in [-0.25, -0.2) is 9.37 Å². The number of carbonyl (C=O) groups is 1. The number of carbonyl (C=O) groups excluding carboxylic acids is 1. The topological polar surface area (TPSA) is 46.4 Å². The molecule has 2 aromatic heterocycles. The van der Waals surface area contributed by atoms with Gasteiger partial charge in [0.1, 0.15) is 11.5 Å². The van der Waals surface area contributed by atoms with E-state index in [4.69, 9.17) is 4.98 Å². The first-order valence-corrected chi connectivity index (χ1v) is 9.52. The van der Waals surface area contributed by atoms with Gasteiger partial charge in [-0.2, -0.15) is 0 Å². The van der Waals surface area contributed by atoms with E-state index in [1.807, 2.05) is 35.7 Å². The number of aromatic nitrogens is 2. The maximum absolute atomic E-state index is 13.9. The number of aryl methyl sites for hydroxylation is 3. The Morgan fingerprint density at radius 1 is 1.03 bits per heavy atom. The summed E-state index contributed by atoms with van der Waals surface area (Å²) in [5.74, 6) is -0.744. The first kappa shape index (κ1) is 18.9. The smallest absolute Gasteiger partial charge is 0.230 e. The molecule has 0 aliphatic carbocycles. The molecule has 1 N–H and O–H groups in total. The van der Waals surface area contributed by atoms with Crippen LogP contribution in [0.1, 0.15) is 22.4 Å². The monoisotopic (exact) mass is 387 g/mol. The number of halogens is 1. The van der Waals surface area contributed by atoms with E-state index >= 15 is 0 Å². The van der Waals surface area contributed by atoms with Crippen LogP contribution < -0.4 is 5.32 Å². The molecule has 4 aromatic rings. The van der Waals surface area contributed by atoms with Gasteiger partial charge in [-0.05, 0) is 67.8 Å². The number of imidazole rings is 1. The van der Waals surface area contributed by atoms with Crippen molar-refractivity contribution >= 4 is 17.2 Å². The second kappa shape index (κ2) is 7.51. The molecule has 4 nitrogen and oxygen atoms in total. The Morgan fingerprint density at radius 3 is 2.59 bits per heavy atom. The predicted molar refractivity (Wildman–Crippen MR) is 114 cm³/mol. The van der Waals surface area contributed by atoms with Crippen molar-refractivity contribution in [2.75, 3.05) is 5.32 Å². The molecule has 0 aliphatic rings. The number of benzene rings is 2. The molecule has 4 rings (SSSR count). The Labute approximate surface area is 169 Å². The zero-order chi connectivity index (χ0) is 20.5. The minimum Gasteiger partial charge on any atom is -0.323 e. The van der Waals surface area contributed by atoms with Crippen LogP contribution in [0.2, 0.25) is 0 Å². The number of fused-ring (bicyclic) bond motifs is 1. The maximum Gasteiger partial charge on any atom is 0.230 e. The van der Waals surface area contributed by atoms with Crippen LogP contribution in [-0.2, 0) is 11.2 Å². The van der Waals surface area contributed by atoms with Crippen LogP contribution in [0, 0.1) is 26.6 Å². The summed E-state index contributed by atoms with van der Waals surface area (Å²) in [5.41, 5.74) is 6.92. The highest BCUT2D eigenvalue weighted by Crippen LogP contribution is 2.27. The number of pyridine rings is 1. The maximum atomic E-state index is 13.9. The minimum absolute atomic E-state index is 0.0841. The molecule has 0 bridgehead atoms. The average molecular weight is 387 g/mol. The summed E-state index contributed by atoms with van der Waals surface area (Å²) in [4.78, 5) is 17.5. The van der Waals surface area contributed by atoms with Crippen LogP contribution in [-0.4, -0.2) is 15.3 Å². The highest BCUT2D eigenvalue weighted by atomic mass is 19.1. The molecule has 0 atom stereocenters. The lowest BCUT2D eigenvalue weighted by atomic mass is 10.0. The molecule has 2 aromatic carbocycles. The number of para-hydroxylation sites is 1. The number of nitrogens with zero attached hydrogens (tertiary/aromatic N) is 2. The number of hydrogen-bond acceptors (Lipinski definition) is 2. The molecule has 0 radical (unpaired) electrons. The summed E-state index contributed by atoms with van der Waals surface area (Å²) >= 11 is 0. The Morgan fingerprint density at radius 2 is 1.83 bits per heavy atom. The molecule has 146 valence electrons. The van der Waals surface area contributed by atoms with E-state index in [-0.39, 0.29) is 18.0 Å². The SMILES string of the molecule is Cc1ccn2c(CC(=O)Nc3ccccc3F)c(-c3ccc(C)c(C)c3)nc2c1. The zero-order valence-corrected chi connectivity index (χ0v) is 16.7. The minimum atomic E-state index is -0.455. The lowest BCUT2D eigenvalue weighted by Gasteiger charge is -2.09. The molecule has 29 heavy (non-hydrogen) atoms. The Kier molecular flexibility index (Phi) is 4.89. The van der Waals surface area contributed by atoms with Gasteiger partial charge >= 0.3 is 0 Å². The highest BCUT2D eigenvalue weighted by Gasteiger charge is 2.18. The predicted octanol–water partition coefficient (Wildman–Crippen LogP) is 5.25. The van der Waals surface area contributed by atoms with E-state index in [0.717, 1.165) is 33.7 Å². The lowest BCUT2D eigenvalue weighted by molar-refractivity contribution is -0.115. The molecule has 0 saturated carbocycles. The van der Waals surface area contributed by atoms with Crippen LogP contribution in [0.4, 0.5) is 10.1 Å². The third kappa shape index (κ3) is 3.76. The summed E-state index contributed by atoms with van der Waals surface area (Å²) in [5, 5.41) is 2.67. The fourth-order valence-electron chi connectivity index (χ4n) is 3.40. The fourth-order valence-corrected chi connectivity index (χ4v) is 3.40. The van der Waals surface area contributed by atoms with E-state index in [0.29, 0.717) is 0 Å². The Hall–Kier alpha value is -3.47. The van der Waals surface area contributed by atoms with Crippen molar-refractivity contribution in [3.8, 4) is 11.3 Å². The van der Waals surface area contributed by atoms with Crippen molar-refractivity contribution in [1.82, 2.24) is 9.38 Å². The first-order valence-electron chi connectivity index (χ1n) is 9.52. The average Bonchev–Trinajstić information content (AvgIpc) is 3.03. The van der Waals surface area contributed by atoms with Gasteiger partial charge in [-0.1, -0.05) is 24.3 Å². The van der Waals surface area contributed by atoms with Gasteiger partial charge in [0.25, 0.3) is 0 Å². The standard InChI is InChI=1S/C24H22FN3O/c1-15-10-11-28-21(14-23(29)26-20-7-5-4-6-19(20)25)24(27-22(28)12-15)18-9-8-16(2)17(3)13-18/h4-13H,14H2,1-3H3,(H,26,29). The molecule has 0 unspecified atom stereocenters. The number of amides is 1. The van der Waals surface area contributed by atoms with Gasteiger partial charge < -0.3 is 9.72 Å². The summed E-state index contributed by atoms with van der Waals surface area (Å²) in [6.45, 7) is 6.13. The van der Waals surface area contributed by atoms with Crippen molar-refractivity contribution in [2.45, 2.75) is 27.2 Å². The Balaban J connectivity index is 1.76. The quantitative estimate of drug-likeness (QED) is 0.520. The van der Waals surface area contributed by atoms with Crippen LogP contribution in [0.5, 0.6) is 0 Å². The Bertz CT molecular complexity index is 1230. The van der Waals surface area contributed by atoms with E-state index in [1.165, 1.54) is 11.6 Å². The van der Waals surface area contributed by atoms with Gasteiger partial charge in [0.05, 0.1) is 23.5 Å². The summed E-state index contributed by atoms with van der Waals surface area (Å²) in [7, 11) is 0. The normalized spacial score (nSPS) is 11.0. The number of nitrogens with one attached hydrogen (secondary N) is 1. The van der Waals surface area contributed by atoms with Gasteiger partial charge in [0, 0.05) is 11.8 Å². The third-order valence-electron chi connectivity index (χ3n) is 5.14. The largest absolute Gasteiger partial charge is 0.323 e. The molecule has 5 heteroatoms. The van der Waals surface area contributed by atoms with Crippen LogP contribution in [0.3, 0.4) is 0 Å². The summed E-state index contributed by atoms with van der Waals surface area (Å²) < 4.78 is 15.8. The van der Waals surface area contributed by atoms with Crippen LogP contribution in [0.15, 0.2) is 60.8 Å². The van der Waals surface area contributed by atoms with Crippen molar-refractivity contribution in [3.05, 3.63) is 89.0 Å². The van der Waals surface area contributed by atoms with E-state index in [2.05, 4.69) is 31.3 Å². The molecule has 0 spiro atoms. The van der Waals surface area contributed by atoms with Crippen molar-refractivity contribution in [3.63, 3.8) is 0 Å².